The molecule has 2 unspecified atom stereocenters. The van der Waals surface area contributed by atoms with Gasteiger partial charge >= 0.3 is 18.2 Å². The van der Waals surface area contributed by atoms with E-state index >= 15 is 0 Å². The van der Waals surface area contributed by atoms with Crippen LogP contribution in [0.5, 0.6) is 0 Å². The minimum Gasteiger partial charge on any atom is -0.480 e. The van der Waals surface area contributed by atoms with Crippen molar-refractivity contribution in [1.82, 2.24) is 9.80 Å². The van der Waals surface area contributed by atoms with Gasteiger partial charge in [0, 0.05) is 19.0 Å². The molecule has 202 valence electrons. The second-order valence-electron chi connectivity index (χ2n) is 13.3. The van der Waals surface area contributed by atoms with Gasteiger partial charge in [0.05, 0.1) is 0 Å². The van der Waals surface area contributed by atoms with Gasteiger partial charge in [0.15, 0.2) is 9.04 Å². The minimum absolute atomic E-state index is 0.112. The maximum atomic E-state index is 13.5. The maximum Gasteiger partial charge on any atom is 0.412 e. The predicted octanol–water partition coefficient (Wildman–Crippen LogP) is 4.70. The second-order valence-corrected chi connectivity index (χ2v) is 15.6. The molecule has 0 aromatic carbocycles. The number of carboxylic acid groups (broad SMARTS) is 1. The summed E-state index contributed by atoms with van der Waals surface area (Å²) in [6.45, 7) is 21.8. The van der Waals surface area contributed by atoms with E-state index < -0.39 is 56.1 Å². The van der Waals surface area contributed by atoms with Crippen molar-refractivity contribution in [2.75, 3.05) is 13.1 Å². The van der Waals surface area contributed by atoms with E-state index in [4.69, 9.17) is 13.9 Å². The molecule has 0 aromatic heterocycles. The summed E-state index contributed by atoms with van der Waals surface area (Å²) in [5, 5.41) is 9.98. The van der Waals surface area contributed by atoms with Gasteiger partial charge < -0.3 is 19.0 Å². The van der Waals surface area contributed by atoms with Crippen LogP contribution in [0.1, 0.15) is 75.2 Å². The lowest BCUT2D eigenvalue weighted by molar-refractivity contribution is -0.142. The molecule has 0 aromatic rings. The summed E-state index contributed by atoms with van der Waals surface area (Å²) in [7, 11) is -1.72. The van der Waals surface area contributed by atoms with E-state index in [2.05, 4.69) is 20.8 Å². The summed E-state index contributed by atoms with van der Waals surface area (Å²) >= 11 is 0. The lowest BCUT2D eigenvalue weighted by Gasteiger charge is -2.44. The number of nitrogens with zero attached hydrogens (tertiary/aromatic N) is 2. The number of carbonyl (C=O) groups is 3. The van der Waals surface area contributed by atoms with Gasteiger partial charge in [-0.15, -0.1) is 0 Å². The molecule has 2 amide bonds. The number of likely N-dealkylation sites (tertiary alicyclic amines) is 2. The Kier molecular flexibility index (Phi) is 8.33. The monoisotopic (exact) mass is 514 g/mol. The van der Waals surface area contributed by atoms with E-state index in [9.17, 15) is 19.5 Å². The smallest absolute Gasteiger partial charge is 0.412 e. The molecular formula is C25H46N2O7Si. The lowest BCUT2D eigenvalue weighted by atomic mass is 9.77. The third kappa shape index (κ3) is 7.12. The zero-order chi connectivity index (χ0) is 27.1. The van der Waals surface area contributed by atoms with Crippen molar-refractivity contribution in [2.45, 2.75) is 111 Å². The average Bonchev–Trinajstić information content (AvgIpc) is 3.20. The van der Waals surface area contributed by atoms with Gasteiger partial charge in [-0.2, -0.15) is 0 Å². The largest absolute Gasteiger partial charge is 0.480 e. The quantitative estimate of drug-likeness (QED) is 0.542. The summed E-state index contributed by atoms with van der Waals surface area (Å²) in [6, 6.07) is -1.06. The average molecular weight is 515 g/mol. The Labute approximate surface area is 212 Å². The lowest BCUT2D eigenvalue weighted by Crippen LogP contribution is -2.57. The molecule has 0 bridgehead atoms. The van der Waals surface area contributed by atoms with Gasteiger partial charge in [0.1, 0.15) is 23.0 Å². The SMILES string of the molecule is C[SiH](C)O[C@]1(C2CC(C(=O)O)N(C(=O)OC(C)(C)C)C2)C[C@H](C(C)(C)C)CN1C(=O)OC(C)(C)C. The summed E-state index contributed by atoms with van der Waals surface area (Å²) in [4.78, 5) is 41.7. The molecule has 10 heteroatoms. The van der Waals surface area contributed by atoms with E-state index in [0.717, 1.165) is 0 Å². The topological polar surface area (TPSA) is 106 Å². The fourth-order valence-electron chi connectivity index (χ4n) is 4.95. The first-order chi connectivity index (χ1) is 15.7. The van der Waals surface area contributed by atoms with Gasteiger partial charge in [0.25, 0.3) is 0 Å². The molecule has 1 N–H and O–H groups in total. The molecule has 35 heavy (non-hydrogen) atoms. The second kappa shape index (κ2) is 9.92. The van der Waals surface area contributed by atoms with Crippen molar-refractivity contribution in [1.29, 1.82) is 0 Å². The highest BCUT2D eigenvalue weighted by Gasteiger charge is 2.60. The van der Waals surface area contributed by atoms with E-state index in [1.54, 1.807) is 25.7 Å². The van der Waals surface area contributed by atoms with Crippen LogP contribution in [-0.2, 0) is 18.7 Å². The number of aliphatic carboxylic acids is 1. The molecule has 2 aliphatic rings. The highest BCUT2D eigenvalue weighted by atomic mass is 28.3. The van der Waals surface area contributed by atoms with Gasteiger partial charge in [-0.05, 0) is 78.8 Å². The Hall–Kier alpha value is -1.81. The molecule has 2 rings (SSSR count). The van der Waals surface area contributed by atoms with Gasteiger partial charge in [-0.3, -0.25) is 9.80 Å². The Morgan fingerprint density at radius 3 is 1.83 bits per heavy atom. The first-order valence-electron chi connectivity index (χ1n) is 12.6. The van der Waals surface area contributed by atoms with Crippen molar-refractivity contribution in [3.63, 3.8) is 0 Å². The van der Waals surface area contributed by atoms with Crippen LogP contribution in [0.4, 0.5) is 9.59 Å². The Morgan fingerprint density at radius 2 is 1.40 bits per heavy atom. The van der Waals surface area contributed by atoms with Crippen LogP contribution in [0, 0.1) is 17.3 Å². The molecule has 2 fully saturated rings. The zero-order valence-corrected chi connectivity index (χ0v) is 24.6. The van der Waals surface area contributed by atoms with Crippen molar-refractivity contribution in [3.05, 3.63) is 0 Å². The van der Waals surface area contributed by atoms with Crippen LogP contribution in [0.3, 0.4) is 0 Å². The fraction of sp³-hybridized carbons (Fsp3) is 0.880. The molecular weight excluding hydrogens is 468 g/mol. The molecule has 0 radical (unpaired) electrons. The Morgan fingerprint density at radius 1 is 0.886 bits per heavy atom. The molecule has 4 atom stereocenters. The number of hydrogen-bond acceptors (Lipinski definition) is 6. The number of rotatable bonds is 4. The van der Waals surface area contributed by atoms with Crippen LogP contribution >= 0.6 is 0 Å². The summed E-state index contributed by atoms with van der Waals surface area (Å²) in [6.07, 6.45) is -0.411. The van der Waals surface area contributed by atoms with Crippen molar-refractivity contribution < 1.29 is 33.4 Å². The Bertz CT molecular complexity index is 812. The van der Waals surface area contributed by atoms with Crippen molar-refractivity contribution in [3.8, 4) is 0 Å². The standard InChI is InChI=1S/C25H46N2O7Si/c1-22(2,3)17-13-25(34-35(10)11,27(15-17)21(31)33-24(7,8)9)16-12-18(19(28)29)26(14-16)20(30)32-23(4,5)6/h16-18,35H,12-15H2,1-11H3,(H,28,29)/t16?,17-,18?,25-/m0/s1. The van der Waals surface area contributed by atoms with Crippen LogP contribution in [0.15, 0.2) is 0 Å². The summed E-state index contributed by atoms with van der Waals surface area (Å²) < 4.78 is 18.0. The van der Waals surface area contributed by atoms with E-state index in [0.29, 0.717) is 13.0 Å². The highest BCUT2D eigenvalue weighted by molar-refractivity contribution is 6.48. The zero-order valence-electron chi connectivity index (χ0n) is 23.4. The molecule has 2 aliphatic heterocycles. The van der Waals surface area contributed by atoms with E-state index in [-0.39, 0.29) is 24.3 Å². The van der Waals surface area contributed by atoms with Crippen molar-refractivity contribution >= 4 is 27.2 Å². The number of amides is 2. The van der Waals surface area contributed by atoms with Gasteiger partial charge in [-0.1, -0.05) is 20.8 Å². The fourth-order valence-corrected chi connectivity index (χ4v) is 6.18. The molecule has 0 spiro atoms. The van der Waals surface area contributed by atoms with Crippen LogP contribution in [0.25, 0.3) is 0 Å². The highest BCUT2D eigenvalue weighted by Crippen LogP contribution is 2.50. The normalized spacial score (nSPS) is 27.9. The molecule has 0 saturated carbocycles. The van der Waals surface area contributed by atoms with Gasteiger partial charge in [0.2, 0.25) is 0 Å². The number of carboxylic acids is 1. The summed E-state index contributed by atoms with van der Waals surface area (Å²) in [5.74, 6) is -1.38. The van der Waals surface area contributed by atoms with Crippen LogP contribution < -0.4 is 0 Å². The molecule has 2 saturated heterocycles. The van der Waals surface area contributed by atoms with Crippen LogP contribution in [-0.4, -0.2) is 78.2 Å². The number of ether oxygens (including phenoxy) is 2. The maximum absolute atomic E-state index is 13.5. The first kappa shape index (κ1) is 29.4. The number of hydrogen-bond donors (Lipinski definition) is 1. The minimum atomic E-state index is -1.72. The van der Waals surface area contributed by atoms with Crippen molar-refractivity contribution in [2.24, 2.45) is 17.3 Å². The van der Waals surface area contributed by atoms with Crippen LogP contribution in [0.2, 0.25) is 13.1 Å². The van der Waals surface area contributed by atoms with Gasteiger partial charge in [-0.25, -0.2) is 14.4 Å². The van der Waals surface area contributed by atoms with E-state index in [1.807, 2.05) is 33.9 Å². The Balaban J connectivity index is 2.55. The summed E-state index contributed by atoms with van der Waals surface area (Å²) in [5.41, 5.74) is -2.62. The number of carbonyl (C=O) groups excluding carboxylic acids is 2. The van der Waals surface area contributed by atoms with E-state index in [1.165, 1.54) is 4.90 Å². The molecule has 0 aliphatic carbocycles. The molecule has 2 heterocycles. The third-order valence-corrected chi connectivity index (χ3v) is 7.41. The first-order valence-corrected chi connectivity index (χ1v) is 15.4. The predicted molar refractivity (Wildman–Crippen MR) is 136 cm³/mol. The third-order valence-electron chi connectivity index (χ3n) is 6.53. The molecule has 9 nitrogen and oxygen atoms in total.